The second-order valence-corrected chi connectivity index (χ2v) is 8.73. The number of carbonyl (C=O) groups excluding carboxylic acids is 3. The minimum absolute atomic E-state index is 0.0738. The SMILES string of the molecule is CCC(C)OC(=O)CC1C(=O)NCCN1C(=S)NC(=O)c1sc2ccccc2c1Cl. The lowest BCUT2D eigenvalue weighted by atomic mass is 10.1. The van der Waals surface area contributed by atoms with Crippen molar-refractivity contribution in [3.05, 3.63) is 34.2 Å². The van der Waals surface area contributed by atoms with Crippen molar-refractivity contribution >= 4 is 68.1 Å². The number of amides is 2. The van der Waals surface area contributed by atoms with E-state index in [1.807, 2.05) is 31.2 Å². The summed E-state index contributed by atoms with van der Waals surface area (Å²) in [5.41, 5.74) is 0. The maximum atomic E-state index is 12.8. The fourth-order valence-electron chi connectivity index (χ4n) is 3.06. The van der Waals surface area contributed by atoms with E-state index in [1.165, 1.54) is 11.3 Å². The highest BCUT2D eigenvalue weighted by molar-refractivity contribution is 7.80. The van der Waals surface area contributed by atoms with Gasteiger partial charge in [-0.1, -0.05) is 36.7 Å². The molecule has 1 saturated heterocycles. The van der Waals surface area contributed by atoms with Gasteiger partial charge in [-0.25, -0.2) is 0 Å². The second-order valence-electron chi connectivity index (χ2n) is 6.91. The summed E-state index contributed by atoms with van der Waals surface area (Å²) in [4.78, 5) is 39.3. The third-order valence-electron chi connectivity index (χ3n) is 4.82. The number of halogens is 1. The first kappa shape index (κ1) is 22.5. The van der Waals surface area contributed by atoms with Gasteiger partial charge in [0.05, 0.1) is 17.5 Å². The van der Waals surface area contributed by atoms with Crippen LogP contribution in [0.15, 0.2) is 24.3 Å². The number of thiocarbonyl (C=S) groups is 1. The molecular weight excluding hydrogens is 446 g/mol. The van der Waals surface area contributed by atoms with E-state index >= 15 is 0 Å². The van der Waals surface area contributed by atoms with Crippen LogP contribution in [0, 0.1) is 0 Å². The normalized spacial score (nSPS) is 17.4. The Morgan fingerprint density at radius 2 is 2.17 bits per heavy atom. The minimum Gasteiger partial charge on any atom is -0.463 e. The van der Waals surface area contributed by atoms with Crippen molar-refractivity contribution in [2.45, 2.75) is 38.8 Å². The average molecular weight is 468 g/mol. The Bertz CT molecular complexity index is 994. The predicted octanol–water partition coefficient (Wildman–Crippen LogP) is 3.10. The Morgan fingerprint density at radius 1 is 1.43 bits per heavy atom. The lowest BCUT2D eigenvalue weighted by Crippen LogP contribution is -2.60. The molecule has 0 bridgehead atoms. The van der Waals surface area contributed by atoms with Gasteiger partial charge < -0.3 is 15.0 Å². The van der Waals surface area contributed by atoms with Gasteiger partial charge in [0.2, 0.25) is 5.91 Å². The van der Waals surface area contributed by atoms with E-state index in [-0.39, 0.29) is 23.5 Å². The van der Waals surface area contributed by atoms with Crippen LogP contribution in [-0.2, 0) is 14.3 Å². The summed E-state index contributed by atoms with van der Waals surface area (Å²) >= 11 is 13.0. The topological polar surface area (TPSA) is 87.7 Å². The standard InChI is InChI=1S/C20H22ClN3O4S2/c1-3-11(2)28-15(25)10-13-18(26)22-8-9-24(13)20(29)23-19(27)17-16(21)12-6-4-5-7-14(12)30-17/h4-7,11,13H,3,8-10H2,1-2H3,(H,22,26)(H,23,27,29). The quantitative estimate of drug-likeness (QED) is 0.519. The summed E-state index contributed by atoms with van der Waals surface area (Å²) in [5.74, 6) is -1.27. The van der Waals surface area contributed by atoms with Crippen molar-refractivity contribution in [2.24, 2.45) is 0 Å². The second kappa shape index (κ2) is 9.72. The van der Waals surface area contributed by atoms with E-state index in [0.717, 1.165) is 10.1 Å². The maximum Gasteiger partial charge on any atom is 0.308 e. The number of hydrogen-bond acceptors (Lipinski definition) is 6. The van der Waals surface area contributed by atoms with Crippen LogP contribution < -0.4 is 10.6 Å². The van der Waals surface area contributed by atoms with E-state index in [1.54, 1.807) is 11.8 Å². The van der Waals surface area contributed by atoms with Crippen LogP contribution in [0.3, 0.4) is 0 Å². The Balaban J connectivity index is 1.72. The highest BCUT2D eigenvalue weighted by atomic mass is 35.5. The molecule has 1 aromatic heterocycles. The van der Waals surface area contributed by atoms with Crippen molar-refractivity contribution in [1.29, 1.82) is 0 Å². The highest BCUT2D eigenvalue weighted by Crippen LogP contribution is 2.35. The van der Waals surface area contributed by atoms with E-state index in [4.69, 9.17) is 28.6 Å². The number of esters is 1. The number of benzene rings is 1. The molecule has 160 valence electrons. The molecule has 1 fully saturated rings. The Morgan fingerprint density at radius 3 is 2.87 bits per heavy atom. The van der Waals surface area contributed by atoms with Crippen LogP contribution >= 0.6 is 35.2 Å². The van der Waals surface area contributed by atoms with Crippen molar-refractivity contribution in [1.82, 2.24) is 15.5 Å². The number of ether oxygens (including phenoxy) is 1. The molecule has 1 aliphatic heterocycles. The fraction of sp³-hybridized carbons (Fsp3) is 0.400. The molecule has 2 heterocycles. The van der Waals surface area contributed by atoms with Crippen molar-refractivity contribution in [3.8, 4) is 0 Å². The minimum atomic E-state index is -0.846. The van der Waals surface area contributed by atoms with Crippen LogP contribution in [0.4, 0.5) is 0 Å². The first-order valence-electron chi connectivity index (χ1n) is 9.58. The molecule has 0 saturated carbocycles. The Labute approximate surface area is 188 Å². The molecule has 2 unspecified atom stereocenters. The van der Waals surface area contributed by atoms with E-state index in [0.29, 0.717) is 29.4 Å². The maximum absolute atomic E-state index is 12.8. The van der Waals surface area contributed by atoms with Crippen molar-refractivity contribution < 1.29 is 19.1 Å². The molecule has 2 amide bonds. The smallest absolute Gasteiger partial charge is 0.308 e. The molecule has 1 aromatic carbocycles. The fourth-order valence-corrected chi connectivity index (χ4v) is 4.78. The summed E-state index contributed by atoms with van der Waals surface area (Å²) in [5, 5.41) is 6.61. The third-order valence-corrected chi connectivity index (χ3v) is 6.83. The van der Waals surface area contributed by atoms with Gasteiger partial charge >= 0.3 is 5.97 Å². The molecule has 0 spiro atoms. The molecular formula is C20H22ClN3O4S2. The summed E-state index contributed by atoms with van der Waals surface area (Å²) in [6.07, 6.45) is 0.284. The van der Waals surface area contributed by atoms with Gasteiger partial charge in [-0.2, -0.15) is 0 Å². The Hall–Kier alpha value is -2.23. The van der Waals surface area contributed by atoms with Gasteiger partial charge in [0.15, 0.2) is 5.11 Å². The largest absolute Gasteiger partial charge is 0.463 e. The van der Waals surface area contributed by atoms with Crippen molar-refractivity contribution in [2.75, 3.05) is 13.1 Å². The zero-order chi connectivity index (χ0) is 21.8. The monoisotopic (exact) mass is 467 g/mol. The molecule has 2 atom stereocenters. The number of fused-ring (bicyclic) bond motifs is 1. The van der Waals surface area contributed by atoms with E-state index in [9.17, 15) is 14.4 Å². The first-order chi connectivity index (χ1) is 14.3. The number of nitrogens with zero attached hydrogens (tertiary/aromatic N) is 1. The molecule has 30 heavy (non-hydrogen) atoms. The number of hydrogen-bond donors (Lipinski definition) is 2. The molecule has 1 aliphatic rings. The Kier molecular flexibility index (Phi) is 7.27. The summed E-state index contributed by atoms with van der Waals surface area (Å²) in [6, 6.07) is 6.60. The van der Waals surface area contributed by atoms with E-state index in [2.05, 4.69) is 10.6 Å². The van der Waals surface area contributed by atoms with E-state index < -0.39 is 17.9 Å². The van der Waals surface area contributed by atoms with Crippen LogP contribution in [-0.4, -0.2) is 53.0 Å². The summed E-state index contributed by atoms with van der Waals surface area (Å²) < 4.78 is 6.18. The van der Waals surface area contributed by atoms with Crippen LogP contribution in [0.1, 0.15) is 36.4 Å². The summed E-state index contributed by atoms with van der Waals surface area (Å²) in [6.45, 7) is 4.42. The molecule has 2 aromatic rings. The van der Waals surface area contributed by atoms with Gasteiger partial charge in [0.25, 0.3) is 5.91 Å². The van der Waals surface area contributed by atoms with Crippen molar-refractivity contribution in [3.63, 3.8) is 0 Å². The number of carbonyl (C=O) groups is 3. The number of thiophene rings is 1. The summed E-state index contributed by atoms with van der Waals surface area (Å²) in [7, 11) is 0. The number of rotatable bonds is 5. The molecule has 0 aliphatic carbocycles. The number of piperazine rings is 1. The lowest BCUT2D eigenvalue weighted by Gasteiger charge is -2.36. The van der Waals surface area contributed by atoms with Gasteiger partial charge in [0.1, 0.15) is 10.9 Å². The average Bonchev–Trinajstić information content (AvgIpc) is 3.06. The third kappa shape index (κ3) is 4.91. The van der Waals surface area contributed by atoms with Crippen LogP contribution in [0.25, 0.3) is 10.1 Å². The zero-order valence-electron chi connectivity index (χ0n) is 16.6. The van der Waals surface area contributed by atoms with Gasteiger partial charge in [0, 0.05) is 23.2 Å². The van der Waals surface area contributed by atoms with Crippen LogP contribution in [0.2, 0.25) is 5.02 Å². The van der Waals surface area contributed by atoms with Gasteiger partial charge in [-0.15, -0.1) is 11.3 Å². The molecule has 0 radical (unpaired) electrons. The van der Waals surface area contributed by atoms with Crippen LogP contribution in [0.5, 0.6) is 0 Å². The lowest BCUT2D eigenvalue weighted by molar-refractivity contribution is -0.151. The first-order valence-corrected chi connectivity index (χ1v) is 11.2. The molecule has 10 heteroatoms. The molecule has 2 N–H and O–H groups in total. The predicted molar refractivity (Wildman–Crippen MR) is 121 cm³/mol. The van der Waals surface area contributed by atoms with Gasteiger partial charge in [-0.3, -0.25) is 19.7 Å². The zero-order valence-corrected chi connectivity index (χ0v) is 19.0. The number of nitrogens with one attached hydrogen (secondary N) is 2. The molecule has 7 nitrogen and oxygen atoms in total. The highest BCUT2D eigenvalue weighted by Gasteiger charge is 2.34. The molecule has 3 rings (SSSR count). The van der Waals surface area contributed by atoms with Gasteiger partial charge in [-0.05, 0) is 31.6 Å².